The fourth-order valence-corrected chi connectivity index (χ4v) is 2.88. The molecule has 1 aliphatic rings. The quantitative estimate of drug-likeness (QED) is 0.814. The van der Waals surface area contributed by atoms with Gasteiger partial charge in [0.15, 0.2) is 0 Å². The molecule has 1 fully saturated rings. The zero-order valence-electron chi connectivity index (χ0n) is 16.4. The maximum atomic E-state index is 12.6. The summed E-state index contributed by atoms with van der Waals surface area (Å²) in [5, 5.41) is 2.64. The van der Waals surface area contributed by atoms with Gasteiger partial charge in [0.1, 0.15) is 5.60 Å². The number of hydrogen-bond acceptors (Lipinski definition) is 5. The van der Waals surface area contributed by atoms with Gasteiger partial charge in [-0.2, -0.15) is 0 Å². The highest BCUT2D eigenvalue weighted by molar-refractivity contribution is 5.95. The van der Waals surface area contributed by atoms with E-state index in [0.29, 0.717) is 43.8 Å². The van der Waals surface area contributed by atoms with Gasteiger partial charge in [-0.25, -0.2) is 4.79 Å². The first-order valence-corrected chi connectivity index (χ1v) is 9.25. The molecule has 27 heavy (non-hydrogen) atoms. The molecule has 0 bridgehead atoms. The Kier molecular flexibility index (Phi) is 6.82. The predicted octanol–water partition coefficient (Wildman–Crippen LogP) is 3.45. The van der Waals surface area contributed by atoms with Crippen LogP contribution in [0.3, 0.4) is 0 Å². The highest BCUT2D eigenvalue weighted by Gasteiger charge is 2.28. The summed E-state index contributed by atoms with van der Waals surface area (Å²) in [4.78, 5) is 37.9. The fourth-order valence-electron chi connectivity index (χ4n) is 2.88. The Hall–Kier alpha value is -2.57. The summed E-state index contributed by atoms with van der Waals surface area (Å²) < 4.78 is 10.2. The first-order valence-electron chi connectivity index (χ1n) is 9.25. The molecular formula is C20H28N2O5. The minimum Gasteiger partial charge on any atom is -0.466 e. The van der Waals surface area contributed by atoms with E-state index in [2.05, 4.69) is 5.32 Å². The number of esters is 1. The first-order chi connectivity index (χ1) is 12.7. The Morgan fingerprint density at radius 2 is 1.70 bits per heavy atom. The van der Waals surface area contributed by atoms with Crippen LogP contribution in [0.4, 0.5) is 10.5 Å². The summed E-state index contributed by atoms with van der Waals surface area (Å²) in [6.07, 6.45) is 0.689. The smallest absolute Gasteiger partial charge is 0.412 e. The Morgan fingerprint density at radius 1 is 1.11 bits per heavy atom. The van der Waals surface area contributed by atoms with Crippen LogP contribution in [0.25, 0.3) is 0 Å². The summed E-state index contributed by atoms with van der Waals surface area (Å²) in [6.45, 7) is 8.60. The lowest BCUT2D eigenvalue weighted by Gasteiger charge is -2.31. The molecule has 7 heteroatoms. The molecule has 0 radical (unpaired) electrons. The van der Waals surface area contributed by atoms with Gasteiger partial charge >= 0.3 is 12.1 Å². The maximum Gasteiger partial charge on any atom is 0.412 e. The van der Waals surface area contributed by atoms with Crippen molar-refractivity contribution in [3.8, 4) is 0 Å². The number of ether oxygens (including phenoxy) is 2. The third kappa shape index (κ3) is 6.27. The Bertz CT molecular complexity index is 671. The molecule has 0 saturated carbocycles. The van der Waals surface area contributed by atoms with E-state index in [1.807, 2.05) is 0 Å². The number of carbonyl (C=O) groups is 3. The van der Waals surface area contributed by atoms with E-state index < -0.39 is 11.7 Å². The van der Waals surface area contributed by atoms with Crippen molar-refractivity contribution in [1.82, 2.24) is 4.90 Å². The molecule has 1 N–H and O–H groups in total. The summed E-state index contributed by atoms with van der Waals surface area (Å²) in [5.41, 5.74) is 0.525. The maximum absolute atomic E-state index is 12.6. The van der Waals surface area contributed by atoms with Crippen molar-refractivity contribution < 1.29 is 23.9 Å². The van der Waals surface area contributed by atoms with Gasteiger partial charge in [-0.05, 0) is 64.8 Å². The van der Waals surface area contributed by atoms with Crippen LogP contribution >= 0.6 is 0 Å². The van der Waals surface area contributed by atoms with Gasteiger partial charge in [0.2, 0.25) is 0 Å². The number of likely N-dealkylation sites (tertiary alicyclic amines) is 1. The van der Waals surface area contributed by atoms with Crippen molar-refractivity contribution in [3.63, 3.8) is 0 Å². The molecule has 0 aliphatic carbocycles. The third-order valence-corrected chi connectivity index (χ3v) is 4.18. The zero-order chi connectivity index (χ0) is 20.0. The lowest BCUT2D eigenvalue weighted by Crippen LogP contribution is -2.40. The number of carbonyl (C=O) groups excluding carboxylic acids is 3. The molecule has 1 aromatic carbocycles. The molecule has 1 aliphatic heterocycles. The van der Waals surface area contributed by atoms with Gasteiger partial charge < -0.3 is 14.4 Å². The van der Waals surface area contributed by atoms with Crippen LogP contribution in [-0.4, -0.2) is 48.2 Å². The van der Waals surface area contributed by atoms with Crippen LogP contribution in [-0.2, 0) is 14.3 Å². The number of hydrogen-bond donors (Lipinski definition) is 1. The van der Waals surface area contributed by atoms with Crippen LogP contribution < -0.4 is 5.32 Å². The Morgan fingerprint density at radius 3 is 2.22 bits per heavy atom. The average Bonchev–Trinajstić information content (AvgIpc) is 2.60. The van der Waals surface area contributed by atoms with Crippen molar-refractivity contribution in [2.45, 2.75) is 46.1 Å². The number of amides is 2. The van der Waals surface area contributed by atoms with Gasteiger partial charge in [-0.3, -0.25) is 14.9 Å². The van der Waals surface area contributed by atoms with E-state index in [9.17, 15) is 14.4 Å². The lowest BCUT2D eigenvalue weighted by atomic mass is 9.96. The van der Waals surface area contributed by atoms with E-state index in [-0.39, 0.29) is 17.8 Å². The van der Waals surface area contributed by atoms with E-state index in [1.54, 1.807) is 56.9 Å². The monoisotopic (exact) mass is 376 g/mol. The molecule has 2 rings (SSSR count). The van der Waals surface area contributed by atoms with Gasteiger partial charge in [-0.1, -0.05) is 0 Å². The van der Waals surface area contributed by atoms with Gasteiger partial charge in [0.25, 0.3) is 5.91 Å². The summed E-state index contributed by atoms with van der Waals surface area (Å²) in [6, 6.07) is 6.68. The Labute approximate surface area is 160 Å². The second kappa shape index (κ2) is 8.88. The number of nitrogens with zero attached hydrogens (tertiary/aromatic N) is 1. The van der Waals surface area contributed by atoms with Crippen molar-refractivity contribution in [3.05, 3.63) is 29.8 Å². The molecule has 0 spiro atoms. The summed E-state index contributed by atoms with van der Waals surface area (Å²) in [7, 11) is 0. The molecule has 1 heterocycles. The molecule has 1 saturated heterocycles. The third-order valence-electron chi connectivity index (χ3n) is 4.18. The molecular weight excluding hydrogens is 348 g/mol. The van der Waals surface area contributed by atoms with E-state index in [1.165, 1.54) is 0 Å². The summed E-state index contributed by atoms with van der Waals surface area (Å²) in [5.74, 6) is -0.391. The minimum absolute atomic E-state index is 0.0823. The highest BCUT2D eigenvalue weighted by atomic mass is 16.6. The molecule has 0 atom stereocenters. The van der Waals surface area contributed by atoms with Crippen LogP contribution in [0.5, 0.6) is 0 Å². The van der Waals surface area contributed by atoms with Crippen LogP contribution in [0, 0.1) is 5.92 Å². The van der Waals surface area contributed by atoms with Gasteiger partial charge in [0, 0.05) is 24.3 Å². The largest absolute Gasteiger partial charge is 0.466 e. The fraction of sp³-hybridized carbons (Fsp3) is 0.550. The highest BCUT2D eigenvalue weighted by Crippen LogP contribution is 2.21. The van der Waals surface area contributed by atoms with E-state index >= 15 is 0 Å². The normalized spacial score (nSPS) is 15.2. The SMILES string of the molecule is CCOC(=O)C1CCN(C(=O)c2ccc(NC(=O)OC(C)(C)C)cc2)CC1. The van der Waals surface area contributed by atoms with Crippen molar-refractivity contribution in [2.75, 3.05) is 25.0 Å². The molecule has 2 amide bonds. The predicted molar refractivity (Wildman–Crippen MR) is 102 cm³/mol. The van der Waals surface area contributed by atoms with Crippen molar-refractivity contribution in [1.29, 1.82) is 0 Å². The van der Waals surface area contributed by atoms with E-state index in [4.69, 9.17) is 9.47 Å². The van der Waals surface area contributed by atoms with Crippen LogP contribution in [0.1, 0.15) is 50.9 Å². The topological polar surface area (TPSA) is 84.9 Å². The number of piperidine rings is 1. The minimum atomic E-state index is -0.574. The second-order valence-electron chi connectivity index (χ2n) is 7.52. The van der Waals surface area contributed by atoms with E-state index in [0.717, 1.165) is 0 Å². The van der Waals surface area contributed by atoms with Crippen LogP contribution in [0.2, 0.25) is 0 Å². The zero-order valence-corrected chi connectivity index (χ0v) is 16.4. The molecule has 0 aromatic heterocycles. The van der Waals surface area contributed by atoms with Gasteiger partial charge in [-0.15, -0.1) is 0 Å². The van der Waals surface area contributed by atoms with Crippen LogP contribution in [0.15, 0.2) is 24.3 Å². The average molecular weight is 376 g/mol. The number of nitrogens with one attached hydrogen (secondary N) is 1. The molecule has 7 nitrogen and oxygen atoms in total. The molecule has 0 unspecified atom stereocenters. The Balaban J connectivity index is 1.89. The van der Waals surface area contributed by atoms with Gasteiger partial charge in [0.05, 0.1) is 12.5 Å². The standard InChI is InChI=1S/C20H28N2O5/c1-5-26-18(24)15-10-12-22(13-11-15)17(23)14-6-8-16(9-7-14)21-19(25)27-20(2,3)4/h6-9,15H,5,10-13H2,1-4H3,(H,21,25). The first kappa shape index (κ1) is 20.7. The number of anilines is 1. The molecule has 1 aromatic rings. The molecule has 148 valence electrons. The van der Waals surface area contributed by atoms with Crippen molar-refractivity contribution >= 4 is 23.7 Å². The number of benzene rings is 1. The second-order valence-corrected chi connectivity index (χ2v) is 7.52. The number of rotatable bonds is 4. The van der Waals surface area contributed by atoms with Crippen molar-refractivity contribution in [2.24, 2.45) is 5.92 Å². The lowest BCUT2D eigenvalue weighted by molar-refractivity contribution is -0.149. The summed E-state index contributed by atoms with van der Waals surface area (Å²) >= 11 is 0.